The van der Waals surface area contributed by atoms with Crippen molar-refractivity contribution in [3.8, 4) is 11.4 Å². The molecule has 0 unspecified atom stereocenters. The van der Waals surface area contributed by atoms with Crippen molar-refractivity contribution in [3.05, 3.63) is 81.7 Å². The van der Waals surface area contributed by atoms with Gasteiger partial charge in [0.1, 0.15) is 5.75 Å². The first-order valence-electron chi connectivity index (χ1n) is 7.39. The lowest BCUT2D eigenvalue weighted by Gasteiger charge is -2.10. The van der Waals surface area contributed by atoms with Crippen molar-refractivity contribution in [1.82, 2.24) is 9.78 Å². The first-order valence-corrected chi connectivity index (χ1v) is 7.76. The number of para-hydroxylation sites is 2. The molecule has 1 aromatic heterocycles. The number of nitrogens with one attached hydrogen (secondary N) is 1. The van der Waals surface area contributed by atoms with Crippen molar-refractivity contribution in [3.63, 3.8) is 0 Å². The summed E-state index contributed by atoms with van der Waals surface area (Å²) in [4.78, 5) is 24.5. The second-order valence-corrected chi connectivity index (χ2v) is 5.54. The fraction of sp³-hybridized carbons (Fsp3) is 0.0556. The van der Waals surface area contributed by atoms with Crippen LogP contribution in [0.1, 0.15) is 10.5 Å². The van der Waals surface area contributed by atoms with E-state index in [0.29, 0.717) is 22.1 Å². The number of amides is 1. The molecule has 0 radical (unpaired) electrons. The third kappa shape index (κ3) is 3.70. The third-order valence-electron chi connectivity index (χ3n) is 3.45. The molecule has 3 rings (SSSR count). The molecule has 7 heteroatoms. The van der Waals surface area contributed by atoms with E-state index in [1.807, 2.05) is 0 Å². The van der Waals surface area contributed by atoms with Crippen LogP contribution in [0, 0.1) is 0 Å². The molecule has 2 aromatic carbocycles. The average molecular weight is 356 g/mol. The maximum absolute atomic E-state index is 12.5. The van der Waals surface area contributed by atoms with Gasteiger partial charge in [0.05, 0.1) is 18.5 Å². The normalized spacial score (nSPS) is 10.3. The van der Waals surface area contributed by atoms with E-state index in [4.69, 9.17) is 16.3 Å². The summed E-state index contributed by atoms with van der Waals surface area (Å²) >= 11 is 5.97. The number of aromatic nitrogens is 2. The molecule has 0 fully saturated rings. The molecule has 0 atom stereocenters. The molecule has 0 spiro atoms. The second kappa shape index (κ2) is 7.19. The zero-order valence-corrected chi connectivity index (χ0v) is 14.0. The Morgan fingerprint density at radius 1 is 1.16 bits per heavy atom. The van der Waals surface area contributed by atoms with Crippen molar-refractivity contribution >= 4 is 23.2 Å². The molecule has 0 aliphatic rings. The number of benzene rings is 2. The molecule has 0 aliphatic carbocycles. The number of halogens is 1. The Bertz CT molecular complexity index is 985. The summed E-state index contributed by atoms with van der Waals surface area (Å²) < 4.78 is 6.61. The van der Waals surface area contributed by atoms with E-state index in [1.54, 1.807) is 48.5 Å². The minimum absolute atomic E-state index is 0.228. The molecule has 25 heavy (non-hydrogen) atoms. The molecule has 0 aliphatic heterocycles. The Morgan fingerprint density at radius 3 is 2.72 bits per heavy atom. The summed E-state index contributed by atoms with van der Waals surface area (Å²) in [5, 5.41) is 7.30. The Kier molecular flexibility index (Phi) is 4.81. The van der Waals surface area contributed by atoms with E-state index in [9.17, 15) is 9.59 Å². The highest BCUT2D eigenvalue weighted by Crippen LogP contribution is 2.23. The zero-order valence-electron chi connectivity index (χ0n) is 13.3. The summed E-state index contributed by atoms with van der Waals surface area (Å²) in [6.07, 6.45) is 1.48. The van der Waals surface area contributed by atoms with Crippen LogP contribution in [0.25, 0.3) is 5.69 Å². The number of anilines is 1. The molecule has 3 aromatic rings. The molecule has 1 heterocycles. The first kappa shape index (κ1) is 16.7. The van der Waals surface area contributed by atoms with E-state index in [-0.39, 0.29) is 5.69 Å². The van der Waals surface area contributed by atoms with E-state index in [1.165, 1.54) is 24.1 Å². The van der Waals surface area contributed by atoms with Gasteiger partial charge in [-0.1, -0.05) is 29.8 Å². The highest BCUT2D eigenvalue weighted by atomic mass is 35.5. The largest absolute Gasteiger partial charge is 0.495 e. The van der Waals surface area contributed by atoms with Gasteiger partial charge in [-0.25, -0.2) is 4.68 Å². The summed E-state index contributed by atoms with van der Waals surface area (Å²) in [5.41, 5.74) is 0.382. The number of ether oxygens (including phenoxy) is 1. The van der Waals surface area contributed by atoms with Crippen LogP contribution in [0.5, 0.6) is 5.75 Å². The van der Waals surface area contributed by atoms with Gasteiger partial charge in [0.25, 0.3) is 5.91 Å². The molecule has 1 N–H and O–H groups in total. The predicted octanol–water partition coefficient (Wildman–Crippen LogP) is 3.15. The predicted molar refractivity (Wildman–Crippen MR) is 95.8 cm³/mol. The smallest absolute Gasteiger partial charge is 0.280 e. The SMILES string of the molecule is COc1ccccc1NC(=O)c1nn(-c2cccc(Cl)c2)ccc1=O. The van der Waals surface area contributed by atoms with Gasteiger partial charge in [-0.15, -0.1) is 0 Å². The van der Waals surface area contributed by atoms with Gasteiger partial charge in [-0.3, -0.25) is 9.59 Å². The van der Waals surface area contributed by atoms with Crippen molar-refractivity contribution in [2.75, 3.05) is 12.4 Å². The minimum atomic E-state index is -0.620. The van der Waals surface area contributed by atoms with Gasteiger partial charge in [-0.05, 0) is 30.3 Å². The van der Waals surface area contributed by atoms with E-state index >= 15 is 0 Å². The lowest BCUT2D eigenvalue weighted by atomic mass is 10.2. The van der Waals surface area contributed by atoms with E-state index in [2.05, 4.69) is 10.4 Å². The highest BCUT2D eigenvalue weighted by Gasteiger charge is 2.15. The Hall–Kier alpha value is -3.12. The van der Waals surface area contributed by atoms with Crippen LogP contribution < -0.4 is 15.5 Å². The van der Waals surface area contributed by atoms with Gasteiger partial charge in [0.15, 0.2) is 5.69 Å². The maximum atomic E-state index is 12.5. The van der Waals surface area contributed by atoms with Crippen molar-refractivity contribution in [1.29, 1.82) is 0 Å². The number of carbonyl (C=O) groups excluding carboxylic acids is 1. The van der Waals surface area contributed by atoms with Crippen molar-refractivity contribution < 1.29 is 9.53 Å². The fourth-order valence-electron chi connectivity index (χ4n) is 2.26. The van der Waals surface area contributed by atoms with Gasteiger partial charge in [0, 0.05) is 17.3 Å². The van der Waals surface area contributed by atoms with Crippen molar-refractivity contribution in [2.45, 2.75) is 0 Å². The van der Waals surface area contributed by atoms with Gasteiger partial charge in [0.2, 0.25) is 5.43 Å². The van der Waals surface area contributed by atoms with Gasteiger partial charge >= 0.3 is 0 Å². The number of hydrogen-bond acceptors (Lipinski definition) is 4. The van der Waals surface area contributed by atoms with Crippen LogP contribution in [0.4, 0.5) is 5.69 Å². The van der Waals surface area contributed by atoms with E-state index < -0.39 is 11.3 Å². The van der Waals surface area contributed by atoms with Crippen LogP contribution in [0.2, 0.25) is 5.02 Å². The zero-order chi connectivity index (χ0) is 17.8. The topological polar surface area (TPSA) is 73.2 Å². The Morgan fingerprint density at radius 2 is 1.96 bits per heavy atom. The van der Waals surface area contributed by atoms with Gasteiger partial charge in [-0.2, -0.15) is 5.10 Å². The Balaban J connectivity index is 1.95. The van der Waals surface area contributed by atoms with Crippen LogP contribution in [0.15, 0.2) is 65.6 Å². The van der Waals surface area contributed by atoms with Crippen LogP contribution in [0.3, 0.4) is 0 Å². The summed E-state index contributed by atoms with van der Waals surface area (Å²) in [6.45, 7) is 0. The molecular weight excluding hydrogens is 342 g/mol. The highest BCUT2D eigenvalue weighted by molar-refractivity contribution is 6.30. The molecule has 0 saturated carbocycles. The average Bonchev–Trinajstić information content (AvgIpc) is 2.62. The molecular formula is C18H14ClN3O3. The van der Waals surface area contributed by atoms with Crippen LogP contribution in [-0.2, 0) is 0 Å². The quantitative estimate of drug-likeness (QED) is 0.780. The monoisotopic (exact) mass is 355 g/mol. The second-order valence-electron chi connectivity index (χ2n) is 5.11. The number of rotatable bonds is 4. The summed E-state index contributed by atoms with van der Waals surface area (Å²) in [6, 6.07) is 15.1. The standard InChI is InChI=1S/C18H14ClN3O3/c1-25-16-8-3-2-7-14(16)20-18(24)17-15(23)9-10-22(21-17)13-6-4-5-12(19)11-13/h2-11H,1H3,(H,20,24). The third-order valence-corrected chi connectivity index (χ3v) is 3.69. The number of methoxy groups -OCH3 is 1. The molecule has 0 saturated heterocycles. The fourth-order valence-corrected chi connectivity index (χ4v) is 2.44. The molecule has 126 valence electrons. The van der Waals surface area contributed by atoms with Crippen LogP contribution >= 0.6 is 11.6 Å². The first-order chi connectivity index (χ1) is 12.1. The molecule has 1 amide bonds. The van der Waals surface area contributed by atoms with Gasteiger partial charge < -0.3 is 10.1 Å². The summed E-state index contributed by atoms with van der Waals surface area (Å²) in [5.74, 6) is -0.132. The number of carbonyl (C=O) groups is 1. The lowest BCUT2D eigenvalue weighted by Crippen LogP contribution is -2.25. The lowest BCUT2D eigenvalue weighted by molar-refractivity contribution is 0.101. The minimum Gasteiger partial charge on any atom is -0.495 e. The maximum Gasteiger partial charge on any atom is 0.280 e. The number of nitrogens with zero attached hydrogens (tertiary/aromatic N) is 2. The summed E-state index contributed by atoms with van der Waals surface area (Å²) in [7, 11) is 1.50. The Labute approximate surface area is 148 Å². The molecule has 6 nitrogen and oxygen atoms in total. The van der Waals surface area contributed by atoms with E-state index in [0.717, 1.165) is 0 Å². The number of hydrogen-bond donors (Lipinski definition) is 1. The molecule has 0 bridgehead atoms. The van der Waals surface area contributed by atoms with Crippen molar-refractivity contribution in [2.24, 2.45) is 0 Å². The van der Waals surface area contributed by atoms with Crippen LogP contribution in [-0.4, -0.2) is 22.8 Å².